The lowest BCUT2D eigenvalue weighted by atomic mass is 10.1. The molecule has 0 aliphatic carbocycles. The van der Waals surface area contributed by atoms with Crippen LogP contribution in [0.2, 0.25) is 0 Å². The maximum atomic E-state index is 12.4. The van der Waals surface area contributed by atoms with Gasteiger partial charge in [0, 0.05) is 0 Å². The molecule has 1 aromatic carbocycles. The summed E-state index contributed by atoms with van der Waals surface area (Å²) in [6.45, 7) is 5.78. The van der Waals surface area contributed by atoms with E-state index in [1.54, 1.807) is 19.1 Å². The van der Waals surface area contributed by atoms with E-state index < -0.39 is 17.9 Å². The van der Waals surface area contributed by atoms with Gasteiger partial charge in [0.15, 0.2) is 17.3 Å². The summed E-state index contributed by atoms with van der Waals surface area (Å²) in [4.78, 5) is 12.4. The molecule has 24 heavy (non-hydrogen) atoms. The van der Waals surface area contributed by atoms with Crippen LogP contribution in [0.25, 0.3) is 0 Å². The minimum atomic E-state index is -0.669. The number of esters is 1. The number of rotatable bonds is 6. The smallest absolute Gasteiger partial charge is 0.338 e. The number of benzene rings is 1. The van der Waals surface area contributed by atoms with Crippen LogP contribution in [0.15, 0.2) is 12.1 Å². The molecule has 134 valence electrons. The fraction of sp³-hybridized carbons (Fsp3) is 0.588. The van der Waals surface area contributed by atoms with E-state index in [2.05, 4.69) is 0 Å². The Morgan fingerprint density at radius 2 is 1.75 bits per heavy atom. The Morgan fingerprint density at radius 1 is 1.17 bits per heavy atom. The van der Waals surface area contributed by atoms with Crippen LogP contribution in [0.3, 0.4) is 0 Å². The van der Waals surface area contributed by atoms with E-state index in [1.165, 1.54) is 21.3 Å². The Kier molecular flexibility index (Phi) is 5.56. The molecule has 1 saturated heterocycles. The molecular weight excluding hydrogens is 316 g/mol. The third-order valence-electron chi connectivity index (χ3n) is 3.75. The van der Waals surface area contributed by atoms with Crippen molar-refractivity contribution in [3.63, 3.8) is 0 Å². The molecule has 2 atom stereocenters. The molecule has 7 nitrogen and oxygen atoms in total. The monoisotopic (exact) mass is 340 g/mol. The third kappa shape index (κ3) is 3.91. The molecule has 0 amide bonds. The fourth-order valence-corrected chi connectivity index (χ4v) is 2.46. The number of carbonyl (C=O) groups excluding carboxylic acids is 1. The summed E-state index contributed by atoms with van der Waals surface area (Å²) in [7, 11) is 4.47. The maximum absolute atomic E-state index is 12.4. The lowest BCUT2D eigenvalue weighted by Crippen LogP contribution is -2.32. The zero-order chi connectivity index (χ0) is 17.9. The van der Waals surface area contributed by atoms with Crippen LogP contribution in [0.1, 0.15) is 31.1 Å². The first-order chi connectivity index (χ1) is 11.3. The molecule has 0 unspecified atom stereocenters. The first-order valence-electron chi connectivity index (χ1n) is 7.64. The van der Waals surface area contributed by atoms with Crippen LogP contribution in [-0.4, -0.2) is 51.9 Å². The van der Waals surface area contributed by atoms with E-state index in [0.717, 1.165) is 0 Å². The summed E-state index contributed by atoms with van der Waals surface area (Å²) in [6, 6.07) is 3.10. The molecule has 0 aromatic heterocycles. The number of hydrogen-bond acceptors (Lipinski definition) is 7. The Labute approximate surface area is 141 Å². The largest absolute Gasteiger partial charge is 0.493 e. The van der Waals surface area contributed by atoms with Gasteiger partial charge in [-0.25, -0.2) is 4.79 Å². The molecule has 0 saturated carbocycles. The predicted octanol–water partition coefficient (Wildman–Crippen LogP) is 2.41. The second-order valence-corrected chi connectivity index (χ2v) is 5.89. The predicted molar refractivity (Wildman–Crippen MR) is 85.9 cm³/mol. The van der Waals surface area contributed by atoms with Gasteiger partial charge >= 0.3 is 5.97 Å². The third-order valence-corrected chi connectivity index (χ3v) is 3.75. The van der Waals surface area contributed by atoms with Crippen molar-refractivity contribution < 1.29 is 33.2 Å². The van der Waals surface area contributed by atoms with Crippen molar-refractivity contribution in [1.82, 2.24) is 0 Å². The van der Waals surface area contributed by atoms with Crippen molar-refractivity contribution in [3.05, 3.63) is 17.7 Å². The number of hydrogen-bond donors (Lipinski definition) is 0. The zero-order valence-electron chi connectivity index (χ0n) is 14.9. The molecule has 0 N–H and O–H groups in total. The molecular formula is C17H24O7. The quantitative estimate of drug-likeness (QED) is 0.736. The average Bonchev–Trinajstić information content (AvgIpc) is 2.93. The van der Waals surface area contributed by atoms with E-state index in [-0.39, 0.29) is 6.10 Å². The van der Waals surface area contributed by atoms with Crippen LogP contribution < -0.4 is 14.2 Å². The van der Waals surface area contributed by atoms with E-state index in [0.29, 0.717) is 29.4 Å². The van der Waals surface area contributed by atoms with Crippen LogP contribution in [-0.2, 0) is 14.2 Å². The van der Waals surface area contributed by atoms with Gasteiger partial charge in [0.25, 0.3) is 0 Å². The van der Waals surface area contributed by atoms with Crippen LogP contribution in [0, 0.1) is 0 Å². The summed E-state index contributed by atoms with van der Waals surface area (Å²) in [5.74, 6) is 0.0164. The van der Waals surface area contributed by atoms with Crippen LogP contribution in [0.5, 0.6) is 17.2 Å². The minimum absolute atomic E-state index is 0.300. The Morgan fingerprint density at radius 3 is 2.17 bits per heavy atom. The van der Waals surface area contributed by atoms with Gasteiger partial charge in [-0.2, -0.15) is 0 Å². The van der Waals surface area contributed by atoms with Crippen LogP contribution >= 0.6 is 0 Å². The molecule has 0 bridgehead atoms. The number of methoxy groups -OCH3 is 3. The van der Waals surface area contributed by atoms with Crippen molar-refractivity contribution in [2.45, 2.75) is 38.8 Å². The molecule has 0 spiro atoms. The summed E-state index contributed by atoms with van der Waals surface area (Å²) < 4.78 is 32.4. The van der Waals surface area contributed by atoms with E-state index in [4.69, 9.17) is 28.4 Å². The van der Waals surface area contributed by atoms with E-state index in [9.17, 15) is 4.79 Å². The summed E-state index contributed by atoms with van der Waals surface area (Å²) >= 11 is 0. The molecule has 1 aromatic rings. The topological polar surface area (TPSA) is 72.5 Å². The maximum Gasteiger partial charge on any atom is 0.338 e. The highest BCUT2D eigenvalue weighted by molar-refractivity contribution is 5.91. The summed E-state index contributed by atoms with van der Waals surface area (Å²) in [5, 5.41) is 0. The highest BCUT2D eigenvalue weighted by Crippen LogP contribution is 2.38. The van der Waals surface area contributed by atoms with Gasteiger partial charge in [-0.05, 0) is 32.9 Å². The fourth-order valence-electron chi connectivity index (χ4n) is 2.46. The first-order valence-corrected chi connectivity index (χ1v) is 7.64. The van der Waals surface area contributed by atoms with Gasteiger partial charge in [0.2, 0.25) is 5.75 Å². The molecule has 7 heteroatoms. The van der Waals surface area contributed by atoms with E-state index >= 15 is 0 Å². The van der Waals surface area contributed by atoms with Gasteiger partial charge in [-0.1, -0.05) is 0 Å². The Bertz CT molecular complexity index is 572. The standard InChI is InChI=1S/C17H24O7/c1-10(14-9-22-17(2,3)24-14)23-16(18)11-7-12(19-4)15(21-6)13(8-11)20-5/h7-8,10,14H,9H2,1-6H3/t10-,14+/m1/s1. The Hall–Kier alpha value is -1.99. The minimum Gasteiger partial charge on any atom is -0.493 e. The highest BCUT2D eigenvalue weighted by atomic mass is 16.8. The van der Waals surface area contributed by atoms with Crippen LogP contribution in [0.4, 0.5) is 0 Å². The second kappa shape index (κ2) is 7.27. The lowest BCUT2D eigenvalue weighted by Gasteiger charge is -2.21. The molecule has 2 rings (SSSR count). The highest BCUT2D eigenvalue weighted by Gasteiger charge is 2.37. The van der Waals surface area contributed by atoms with Gasteiger partial charge in [0.05, 0.1) is 33.5 Å². The molecule has 1 aliphatic heterocycles. The summed E-state index contributed by atoms with van der Waals surface area (Å²) in [6.07, 6.45) is -0.774. The molecule has 0 radical (unpaired) electrons. The van der Waals surface area contributed by atoms with Gasteiger partial charge in [-0.15, -0.1) is 0 Å². The van der Waals surface area contributed by atoms with Crippen molar-refractivity contribution in [3.8, 4) is 17.2 Å². The van der Waals surface area contributed by atoms with Gasteiger partial charge in [0.1, 0.15) is 12.2 Å². The van der Waals surface area contributed by atoms with Crippen molar-refractivity contribution in [1.29, 1.82) is 0 Å². The first kappa shape index (κ1) is 18.4. The number of carbonyl (C=O) groups is 1. The second-order valence-electron chi connectivity index (χ2n) is 5.89. The van der Waals surface area contributed by atoms with E-state index in [1.807, 2.05) is 13.8 Å². The normalized spacial score (nSPS) is 20.3. The molecule has 1 heterocycles. The average molecular weight is 340 g/mol. The zero-order valence-corrected chi connectivity index (χ0v) is 14.9. The SMILES string of the molecule is COc1cc(C(=O)O[C@H](C)[C@@H]2COC(C)(C)O2)cc(OC)c1OC. The summed E-state index contributed by atoms with van der Waals surface area (Å²) in [5.41, 5.74) is 0.300. The Balaban J connectivity index is 2.15. The van der Waals surface area contributed by atoms with Gasteiger partial charge < -0.3 is 28.4 Å². The molecule has 1 aliphatic rings. The lowest BCUT2D eigenvalue weighted by molar-refractivity contribution is -0.150. The van der Waals surface area contributed by atoms with Crippen molar-refractivity contribution in [2.24, 2.45) is 0 Å². The van der Waals surface area contributed by atoms with Gasteiger partial charge in [-0.3, -0.25) is 0 Å². The molecule has 1 fully saturated rings. The van der Waals surface area contributed by atoms with Crippen molar-refractivity contribution in [2.75, 3.05) is 27.9 Å². The van der Waals surface area contributed by atoms with Crippen molar-refractivity contribution >= 4 is 5.97 Å². The number of ether oxygens (including phenoxy) is 6.